The van der Waals surface area contributed by atoms with Crippen LogP contribution in [-0.4, -0.2) is 31.0 Å². The molecule has 1 aromatic rings. The van der Waals surface area contributed by atoms with Crippen molar-refractivity contribution >= 4 is 17.5 Å². The Balaban J connectivity index is 2.26. The van der Waals surface area contributed by atoms with Crippen LogP contribution in [-0.2, 0) is 0 Å². The number of ether oxygens (including phenoxy) is 2. The highest BCUT2D eigenvalue weighted by atomic mass is 32.2. The van der Waals surface area contributed by atoms with Crippen LogP contribution in [0.3, 0.4) is 0 Å². The highest BCUT2D eigenvalue weighted by Gasteiger charge is 2.25. The summed E-state index contributed by atoms with van der Waals surface area (Å²) in [6.07, 6.45) is 2.10. The average molecular weight is 252 g/mol. The Labute approximate surface area is 105 Å². The highest BCUT2D eigenvalue weighted by Crippen LogP contribution is 2.31. The van der Waals surface area contributed by atoms with Crippen LogP contribution in [0.1, 0.15) is 23.2 Å². The molecule has 0 N–H and O–H groups in total. The van der Waals surface area contributed by atoms with Crippen molar-refractivity contribution in [3.8, 4) is 11.5 Å². The summed E-state index contributed by atoms with van der Waals surface area (Å²) in [4.78, 5) is 12.3. The Morgan fingerprint density at radius 3 is 2.35 bits per heavy atom. The van der Waals surface area contributed by atoms with Crippen molar-refractivity contribution in [1.82, 2.24) is 0 Å². The normalized spacial score (nSPS) is 19.1. The molecule has 1 fully saturated rings. The van der Waals surface area contributed by atoms with E-state index in [1.54, 1.807) is 44.2 Å². The third-order valence-electron chi connectivity index (χ3n) is 2.86. The lowest BCUT2D eigenvalue weighted by atomic mass is 10.0. The first kappa shape index (κ1) is 12.3. The van der Waals surface area contributed by atoms with Gasteiger partial charge in [-0.3, -0.25) is 4.79 Å². The molecule has 0 amide bonds. The number of ketones is 1. The number of carbonyl (C=O) groups excluding carboxylic acids is 1. The molecule has 1 atom stereocenters. The Kier molecular flexibility index (Phi) is 3.94. The number of hydrogen-bond donors (Lipinski definition) is 0. The first-order chi connectivity index (χ1) is 8.24. The Hall–Kier alpha value is -1.16. The van der Waals surface area contributed by atoms with Gasteiger partial charge in [0.05, 0.1) is 19.5 Å². The zero-order valence-corrected chi connectivity index (χ0v) is 10.9. The van der Waals surface area contributed by atoms with E-state index in [2.05, 4.69) is 0 Å². The van der Waals surface area contributed by atoms with Crippen LogP contribution in [0.2, 0.25) is 0 Å². The van der Waals surface area contributed by atoms with Gasteiger partial charge in [0.2, 0.25) is 0 Å². The minimum atomic E-state index is 0.104. The minimum absolute atomic E-state index is 0.104. The summed E-state index contributed by atoms with van der Waals surface area (Å²) in [5, 5.41) is 0.104. The first-order valence-corrected chi connectivity index (χ1v) is 6.68. The van der Waals surface area contributed by atoms with E-state index in [9.17, 15) is 4.79 Å². The Morgan fingerprint density at radius 2 is 1.88 bits per heavy atom. The standard InChI is InChI=1S/C13H16O3S/c1-15-10-6-9(7-11(8-10)16-2)13(14)12-4-3-5-17-12/h6-8,12H,3-5H2,1-2H3. The summed E-state index contributed by atoms with van der Waals surface area (Å²) >= 11 is 1.74. The Morgan fingerprint density at radius 1 is 1.24 bits per heavy atom. The molecule has 4 heteroatoms. The molecule has 0 aromatic heterocycles. The summed E-state index contributed by atoms with van der Waals surface area (Å²) in [7, 11) is 3.18. The van der Waals surface area contributed by atoms with Crippen molar-refractivity contribution in [2.24, 2.45) is 0 Å². The third kappa shape index (κ3) is 2.75. The lowest BCUT2D eigenvalue weighted by Crippen LogP contribution is -2.14. The molecule has 0 bridgehead atoms. The number of methoxy groups -OCH3 is 2. The predicted molar refractivity (Wildman–Crippen MR) is 69.4 cm³/mol. The van der Waals surface area contributed by atoms with Crippen LogP contribution >= 0.6 is 11.8 Å². The highest BCUT2D eigenvalue weighted by molar-refractivity contribution is 8.00. The first-order valence-electron chi connectivity index (χ1n) is 5.63. The number of carbonyl (C=O) groups is 1. The van der Waals surface area contributed by atoms with Crippen LogP contribution in [0.4, 0.5) is 0 Å². The van der Waals surface area contributed by atoms with E-state index in [-0.39, 0.29) is 11.0 Å². The van der Waals surface area contributed by atoms with Gasteiger partial charge in [-0.25, -0.2) is 0 Å². The second-order valence-electron chi connectivity index (χ2n) is 3.97. The number of thioether (sulfide) groups is 1. The molecule has 0 spiro atoms. The van der Waals surface area contributed by atoms with E-state index in [1.807, 2.05) is 0 Å². The molecule has 1 aliphatic rings. The smallest absolute Gasteiger partial charge is 0.176 e. The molecule has 1 aromatic carbocycles. The fourth-order valence-corrected chi connectivity index (χ4v) is 3.16. The van der Waals surface area contributed by atoms with Gasteiger partial charge in [0.25, 0.3) is 0 Å². The van der Waals surface area contributed by atoms with Crippen LogP contribution in [0.15, 0.2) is 18.2 Å². The minimum Gasteiger partial charge on any atom is -0.497 e. The predicted octanol–water partition coefficient (Wildman–Crippen LogP) is 2.78. The largest absolute Gasteiger partial charge is 0.497 e. The number of rotatable bonds is 4. The number of benzene rings is 1. The van der Waals surface area contributed by atoms with Gasteiger partial charge in [0.15, 0.2) is 5.78 Å². The maximum atomic E-state index is 12.3. The summed E-state index contributed by atoms with van der Waals surface area (Å²) < 4.78 is 10.3. The van der Waals surface area contributed by atoms with Gasteiger partial charge < -0.3 is 9.47 Å². The molecular formula is C13H16O3S. The van der Waals surface area contributed by atoms with Crippen LogP contribution < -0.4 is 9.47 Å². The van der Waals surface area contributed by atoms with Gasteiger partial charge >= 0.3 is 0 Å². The quantitative estimate of drug-likeness (QED) is 0.772. The van der Waals surface area contributed by atoms with Gasteiger partial charge in [-0.2, -0.15) is 11.8 Å². The number of Topliss-reactive ketones (excluding diaryl/α,β-unsaturated/α-hetero) is 1. The second kappa shape index (κ2) is 5.45. The molecule has 0 aliphatic carbocycles. The molecule has 17 heavy (non-hydrogen) atoms. The van der Waals surface area contributed by atoms with E-state index in [4.69, 9.17) is 9.47 Å². The van der Waals surface area contributed by atoms with Gasteiger partial charge in [0, 0.05) is 11.6 Å². The second-order valence-corrected chi connectivity index (χ2v) is 5.28. The van der Waals surface area contributed by atoms with Gasteiger partial charge in [0.1, 0.15) is 11.5 Å². The number of hydrogen-bond acceptors (Lipinski definition) is 4. The molecule has 3 nitrogen and oxygen atoms in total. The van der Waals surface area contributed by atoms with Crippen molar-refractivity contribution in [1.29, 1.82) is 0 Å². The van der Waals surface area contributed by atoms with E-state index >= 15 is 0 Å². The summed E-state index contributed by atoms with van der Waals surface area (Å²) in [6, 6.07) is 5.34. The molecule has 1 aliphatic heterocycles. The van der Waals surface area contributed by atoms with Crippen LogP contribution in [0.5, 0.6) is 11.5 Å². The zero-order valence-electron chi connectivity index (χ0n) is 10.1. The lowest BCUT2D eigenvalue weighted by molar-refractivity contribution is 0.0988. The van der Waals surface area contributed by atoms with Crippen LogP contribution in [0.25, 0.3) is 0 Å². The van der Waals surface area contributed by atoms with E-state index in [0.717, 1.165) is 18.6 Å². The molecule has 92 valence electrons. The maximum absolute atomic E-state index is 12.3. The van der Waals surface area contributed by atoms with Gasteiger partial charge in [-0.05, 0) is 30.7 Å². The van der Waals surface area contributed by atoms with Crippen molar-refractivity contribution in [2.75, 3.05) is 20.0 Å². The molecule has 0 radical (unpaired) electrons. The van der Waals surface area contributed by atoms with Crippen molar-refractivity contribution in [3.63, 3.8) is 0 Å². The summed E-state index contributed by atoms with van der Waals surface area (Å²) in [6.45, 7) is 0. The van der Waals surface area contributed by atoms with Crippen molar-refractivity contribution in [2.45, 2.75) is 18.1 Å². The van der Waals surface area contributed by atoms with E-state index in [1.165, 1.54) is 0 Å². The average Bonchev–Trinajstić information content (AvgIpc) is 2.91. The van der Waals surface area contributed by atoms with E-state index in [0.29, 0.717) is 17.1 Å². The van der Waals surface area contributed by atoms with Gasteiger partial charge in [-0.1, -0.05) is 0 Å². The molecule has 0 saturated carbocycles. The fraction of sp³-hybridized carbons (Fsp3) is 0.462. The fourth-order valence-electron chi connectivity index (χ4n) is 1.92. The zero-order chi connectivity index (χ0) is 12.3. The lowest BCUT2D eigenvalue weighted by Gasteiger charge is -2.10. The molecule has 1 heterocycles. The van der Waals surface area contributed by atoms with Crippen LogP contribution in [0, 0.1) is 0 Å². The molecule has 2 rings (SSSR count). The van der Waals surface area contributed by atoms with Gasteiger partial charge in [-0.15, -0.1) is 0 Å². The third-order valence-corrected chi connectivity index (χ3v) is 4.23. The van der Waals surface area contributed by atoms with Crippen molar-refractivity contribution < 1.29 is 14.3 Å². The monoisotopic (exact) mass is 252 g/mol. The molecular weight excluding hydrogens is 236 g/mol. The molecule has 1 unspecified atom stereocenters. The molecule has 1 saturated heterocycles. The summed E-state index contributed by atoms with van der Waals surface area (Å²) in [5.74, 6) is 2.59. The van der Waals surface area contributed by atoms with E-state index < -0.39 is 0 Å². The topological polar surface area (TPSA) is 35.5 Å². The SMILES string of the molecule is COc1cc(OC)cc(C(=O)C2CCCS2)c1. The Bertz CT molecular complexity index is 389. The summed E-state index contributed by atoms with van der Waals surface area (Å²) in [5.41, 5.74) is 0.681. The van der Waals surface area contributed by atoms with Crippen molar-refractivity contribution in [3.05, 3.63) is 23.8 Å². The maximum Gasteiger partial charge on any atom is 0.176 e.